The van der Waals surface area contributed by atoms with Gasteiger partial charge in [0.25, 0.3) is 5.91 Å². The SMILES string of the molecule is CO[C@@]1(N)C(=O)N2C(C(=O)OC(c3ccccc3)c3ccccc3)=C(CSc3nnc(C(=O)OC(c4ccccc4)c4ccccc4)s3)CS[C@@H]21. The molecule has 7 rings (SSSR count). The first-order valence-electron chi connectivity index (χ1n) is 16.0. The highest BCUT2D eigenvalue weighted by atomic mass is 32.2. The van der Waals surface area contributed by atoms with Gasteiger partial charge >= 0.3 is 11.9 Å². The topological polar surface area (TPSA) is 134 Å². The van der Waals surface area contributed by atoms with E-state index in [1.54, 1.807) is 0 Å². The molecule has 51 heavy (non-hydrogen) atoms. The molecule has 3 heterocycles. The number of esters is 2. The molecule has 258 valence electrons. The maximum absolute atomic E-state index is 14.2. The van der Waals surface area contributed by atoms with Gasteiger partial charge in [-0.3, -0.25) is 15.4 Å². The van der Waals surface area contributed by atoms with Crippen LogP contribution >= 0.6 is 34.9 Å². The number of hydrogen-bond donors (Lipinski definition) is 1. The molecule has 2 atom stereocenters. The van der Waals surface area contributed by atoms with Crippen molar-refractivity contribution in [2.45, 2.75) is 27.6 Å². The monoisotopic (exact) mass is 736 g/mol. The summed E-state index contributed by atoms with van der Waals surface area (Å²) in [4.78, 5) is 42.3. The van der Waals surface area contributed by atoms with E-state index in [1.807, 2.05) is 121 Å². The van der Waals surface area contributed by atoms with Crippen LogP contribution < -0.4 is 5.73 Å². The number of nitrogens with two attached hydrogens (primary N) is 1. The number of rotatable bonds is 12. The van der Waals surface area contributed by atoms with Gasteiger partial charge in [-0.05, 0) is 27.8 Å². The van der Waals surface area contributed by atoms with Crippen molar-refractivity contribution in [2.75, 3.05) is 18.6 Å². The molecule has 2 aliphatic heterocycles. The Hall–Kier alpha value is -4.79. The molecule has 1 aromatic heterocycles. The van der Waals surface area contributed by atoms with Gasteiger partial charge in [0.15, 0.2) is 16.5 Å². The van der Waals surface area contributed by atoms with Gasteiger partial charge in [-0.2, -0.15) is 0 Å². The fourth-order valence-corrected chi connectivity index (χ4v) is 9.16. The van der Waals surface area contributed by atoms with Gasteiger partial charge in [0.1, 0.15) is 11.1 Å². The third-order valence-electron chi connectivity index (χ3n) is 8.49. The van der Waals surface area contributed by atoms with Gasteiger partial charge in [0.2, 0.25) is 10.7 Å². The van der Waals surface area contributed by atoms with Gasteiger partial charge in [0, 0.05) is 18.6 Å². The highest BCUT2D eigenvalue weighted by Crippen LogP contribution is 2.47. The molecule has 2 aliphatic rings. The van der Waals surface area contributed by atoms with Gasteiger partial charge < -0.3 is 14.2 Å². The normalized spacial score (nSPS) is 18.4. The van der Waals surface area contributed by atoms with Crippen LogP contribution in [-0.2, 0) is 23.8 Å². The lowest BCUT2D eigenvalue weighted by atomic mass is 9.99. The summed E-state index contributed by atoms with van der Waals surface area (Å²) in [6.07, 6.45) is -1.35. The first-order chi connectivity index (χ1) is 24.9. The lowest BCUT2D eigenvalue weighted by molar-refractivity contribution is -0.183. The third kappa shape index (κ3) is 7.08. The van der Waals surface area contributed by atoms with Gasteiger partial charge in [-0.15, -0.1) is 22.0 Å². The van der Waals surface area contributed by atoms with Crippen molar-refractivity contribution in [3.05, 3.63) is 160 Å². The lowest BCUT2D eigenvalue weighted by Crippen LogP contribution is -2.78. The number of hydrogen-bond acceptors (Lipinski definition) is 12. The Morgan fingerprint density at radius 3 is 1.75 bits per heavy atom. The first-order valence-corrected chi connectivity index (χ1v) is 18.8. The van der Waals surface area contributed by atoms with Crippen molar-refractivity contribution in [3.63, 3.8) is 0 Å². The predicted molar refractivity (Wildman–Crippen MR) is 196 cm³/mol. The minimum Gasteiger partial charge on any atom is -0.448 e. The number of aromatic nitrogens is 2. The highest BCUT2D eigenvalue weighted by molar-refractivity contribution is 8.01. The summed E-state index contributed by atoms with van der Waals surface area (Å²) < 4.78 is 18.1. The largest absolute Gasteiger partial charge is 0.448 e. The van der Waals surface area contributed by atoms with E-state index in [0.717, 1.165) is 33.6 Å². The molecule has 0 bridgehead atoms. The van der Waals surface area contributed by atoms with Crippen molar-refractivity contribution in [1.82, 2.24) is 15.1 Å². The summed E-state index contributed by atoms with van der Waals surface area (Å²) in [5.41, 5.74) is 8.77. The van der Waals surface area contributed by atoms with Crippen LogP contribution in [0.5, 0.6) is 0 Å². The summed E-state index contributed by atoms with van der Waals surface area (Å²) in [7, 11) is 1.38. The molecule has 5 aromatic rings. The number of amides is 1. The van der Waals surface area contributed by atoms with E-state index in [2.05, 4.69) is 10.2 Å². The number of benzene rings is 4. The molecule has 10 nitrogen and oxygen atoms in total. The first kappa shape index (κ1) is 34.6. The molecular weight excluding hydrogens is 705 g/mol. The second kappa shape index (κ2) is 15.2. The van der Waals surface area contributed by atoms with Gasteiger partial charge in [-0.1, -0.05) is 144 Å². The van der Waals surface area contributed by atoms with E-state index in [0.29, 0.717) is 15.7 Å². The standard InChI is InChI=1S/C38H32N4O6S3/c1-46-38(39)35(45)42-29(33(43)47-30(24-14-6-2-7-15-24)25-16-8-3-9-17-25)28(22-49-36(38)42)23-50-37-41-40-32(51-37)34(44)48-31(26-18-10-4-11-19-26)27-20-12-5-13-21-27/h2-21,30-31,36H,22-23,39H2,1H3/t36-,38+/m1/s1. The van der Waals surface area contributed by atoms with E-state index in [9.17, 15) is 14.4 Å². The summed E-state index contributed by atoms with van der Waals surface area (Å²) in [6.45, 7) is 0. The lowest BCUT2D eigenvalue weighted by Gasteiger charge is -2.54. The molecule has 13 heteroatoms. The van der Waals surface area contributed by atoms with E-state index >= 15 is 0 Å². The molecule has 0 saturated carbocycles. The van der Waals surface area contributed by atoms with Crippen LogP contribution in [0, 0.1) is 0 Å². The maximum Gasteiger partial charge on any atom is 0.370 e. The Labute approximate surface area is 307 Å². The minimum atomic E-state index is -1.56. The fraction of sp³-hybridized carbons (Fsp3) is 0.184. The number of carbonyl (C=O) groups is 3. The Balaban J connectivity index is 1.13. The number of methoxy groups -OCH3 is 1. The van der Waals surface area contributed by atoms with Crippen molar-refractivity contribution < 1.29 is 28.6 Å². The zero-order chi connectivity index (χ0) is 35.4. The second-order valence-electron chi connectivity index (χ2n) is 11.7. The molecule has 0 spiro atoms. The zero-order valence-corrected chi connectivity index (χ0v) is 29.7. The third-order valence-corrected chi connectivity index (χ3v) is 12.0. The number of fused-ring (bicyclic) bond motifs is 1. The van der Waals surface area contributed by atoms with E-state index in [4.69, 9.17) is 19.9 Å². The Kier molecular flexibility index (Phi) is 10.3. The van der Waals surface area contributed by atoms with Crippen LogP contribution in [0.2, 0.25) is 0 Å². The molecule has 0 aliphatic carbocycles. The summed E-state index contributed by atoms with van der Waals surface area (Å²) in [6, 6.07) is 37.8. The molecule has 4 aromatic carbocycles. The summed E-state index contributed by atoms with van der Waals surface area (Å²) in [5.74, 6) is -1.12. The van der Waals surface area contributed by atoms with E-state index in [-0.39, 0.29) is 16.5 Å². The number of β-lactam (4-membered cyclic amide) rings is 1. The smallest absolute Gasteiger partial charge is 0.370 e. The van der Waals surface area contributed by atoms with Crippen LogP contribution in [0.25, 0.3) is 0 Å². The fourth-order valence-electron chi connectivity index (χ4n) is 5.89. The van der Waals surface area contributed by atoms with Gasteiger partial charge in [0.05, 0.1) is 0 Å². The highest BCUT2D eigenvalue weighted by Gasteiger charge is 2.63. The molecule has 1 saturated heterocycles. The number of carbonyl (C=O) groups excluding carboxylic acids is 3. The van der Waals surface area contributed by atoms with Crippen LogP contribution in [0.15, 0.2) is 137 Å². The van der Waals surface area contributed by atoms with E-state index < -0.39 is 41.2 Å². The van der Waals surface area contributed by atoms with E-state index in [1.165, 1.54) is 35.5 Å². The minimum absolute atomic E-state index is 0.0977. The van der Waals surface area contributed by atoms with Crippen LogP contribution in [-0.4, -0.2) is 62.7 Å². The Morgan fingerprint density at radius 2 is 1.27 bits per heavy atom. The van der Waals surface area contributed by atoms with Crippen molar-refractivity contribution >= 4 is 52.7 Å². The maximum atomic E-state index is 14.2. The molecule has 0 unspecified atom stereocenters. The van der Waals surface area contributed by atoms with Crippen LogP contribution in [0.4, 0.5) is 0 Å². The second-order valence-corrected chi connectivity index (χ2v) is 14.9. The van der Waals surface area contributed by atoms with Crippen LogP contribution in [0.3, 0.4) is 0 Å². The van der Waals surface area contributed by atoms with Gasteiger partial charge in [-0.25, -0.2) is 9.59 Å². The average Bonchev–Trinajstić information content (AvgIpc) is 3.68. The predicted octanol–water partition coefficient (Wildman–Crippen LogP) is 6.38. The summed E-state index contributed by atoms with van der Waals surface area (Å²) in [5, 5.41) is 7.85. The van der Waals surface area contributed by atoms with Crippen molar-refractivity contribution in [1.29, 1.82) is 0 Å². The number of nitrogens with zero attached hydrogens (tertiary/aromatic N) is 3. The van der Waals surface area contributed by atoms with Crippen molar-refractivity contribution in [2.24, 2.45) is 5.73 Å². The molecule has 2 N–H and O–H groups in total. The molecule has 1 amide bonds. The molecular formula is C38H32N4O6S3. The summed E-state index contributed by atoms with van der Waals surface area (Å²) >= 11 is 3.80. The average molecular weight is 737 g/mol. The molecule has 1 fully saturated rings. The quantitative estimate of drug-likeness (QED) is 0.0662. The Bertz CT molecular complexity index is 1970. The Morgan fingerprint density at radius 1 is 0.804 bits per heavy atom. The number of ether oxygens (including phenoxy) is 3. The molecule has 0 radical (unpaired) electrons. The number of thioether (sulfide) groups is 2. The van der Waals surface area contributed by atoms with Crippen molar-refractivity contribution in [3.8, 4) is 0 Å². The zero-order valence-electron chi connectivity index (χ0n) is 27.3. The van der Waals surface area contributed by atoms with Crippen LogP contribution in [0.1, 0.15) is 44.3 Å².